The van der Waals surface area contributed by atoms with Crippen LogP contribution in [0.15, 0.2) is 77.8 Å². The van der Waals surface area contributed by atoms with E-state index in [-0.39, 0.29) is 5.91 Å². The average molecular weight is 398 g/mol. The van der Waals surface area contributed by atoms with Crippen molar-refractivity contribution in [1.82, 2.24) is 14.6 Å². The van der Waals surface area contributed by atoms with Gasteiger partial charge in [0, 0.05) is 35.3 Å². The standard InChI is InChI=1S/C21H20ClN3OS/c1-23-21(26)17-7-5-16(6-8-17)14-25(15-19-4-2-3-13-24-19)27-20-11-9-18(22)10-12-20/h2-13H,14-15H2,1H3,(H,23,26). The fourth-order valence-electron chi connectivity index (χ4n) is 2.55. The zero-order chi connectivity index (χ0) is 19.1. The minimum Gasteiger partial charge on any atom is -0.355 e. The zero-order valence-electron chi connectivity index (χ0n) is 14.9. The third-order valence-electron chi connectivity index (χ3n) is 3.91. The molecule has 0 atom stereocenters. The van der Waals surface area contributed by atoms with Gasteiger partial charge in [-0.1, -0.05) is 29.8 Å². The van der Waals surface area contributed by atoms with Gasteiger partial charge >= 0.3 is 0 Å². The molecule has 0 saturated carbocycles. The Bertz CT molecular complexity index is 870. The van der Waals surface area contributed by atoms with Crippen LogP contribution in [-0.2, 0) is 13.1 Å². The molecule has 0 saturated heterocycles. The Labute approximate surface area is 168 Å². The van der Waals surface area contributed by atoms with E-state index in [9.17, 15) is 4.79 Å². The van der Waals surface area contributed by atoms with Gasteiger partial charge in [0.2, 0.25) is 0 Å². The van der Waals surface area contributed by atoms with Crippen molar-refractivity contribution in [2.45, 2.75) is 18.0 Å². The summed E-state index contributed by atoms with van der Waals surface area (Å²) in [4.78, 5) is 17.3. The molecule has 0 fully saturated rings. The van der Waals surface area contributed by atoms with Crippen molar-refractivity contribution in [1.29, 1.82) is 0 Å². The molecular weight excluding hydrogens is 378 g/mol. The van der Waals surface area contributed by atoms with Gasteiger partial charge in [0.15, 0.2) is 0 Å². The van der Waals surface area contributed by atoms with Crippen LogP contribution in [0, 0.1) is 0 Å². The smallest absolute Gasteiger partial charge is 0.251 e. The van der Waals surface area contributed by atoms with Gasteiger partial charge in [-0.15, -0.1) is 0 Å². The second-order valence-electron chi connectivity index (χ2n) is 5.94. The molecule has 2 aromatic carbocycles. The number of aromatic nitrogens is 1. The number of hydrogen-bond acceptors (Lipinski definition) is 4. The summed E-state index contributed by atoms with van der Waals surface area (Å²) in [6, 6.07) is 21.4. The molecule has 1 amide bonds. The number of pyridine rings is 1. The Morgan fingerprint density at radius 1 is 1.04 bits per heavy atom. The van der Waals surface area contributed by atoms with Crippen molar-refractivity contribution in [3.63, 3.8) is 0 Å². The lowest BCUT2D eigenvalue weighted by molar-refractivity contribution is 0.0963. The molecule has 0 bridgehead atoms. The van der Waals surface area contributed by atoms with E-state index >= 15 is 0 Å². The van der Waals surface area contributed by atoms with E-state index in [1.54, 1.807) is 25.2 Å². The van der Waals surface area contributed by atoms with Crippen LogP contribution in [0.3, 0.4) is 0 Å². The lowest BCUT2D eigenvalue weighted by Crippen LogP contribution is -2.18. The van der Waals surface area contributed by atoms with Crippen molar-refractivity contribution in [2.24, 2.45) is 0 Å². The predicted octanol–water partition coefficient (Wildman–Crippen LogP) is 4.80. The first-order valence-corrected chi connectivity index (χ1v) is 9.68. The third kappa shape index (κ3) is 5.82. The first-order valence-electron chi connectivity index (χ1n) is 8.53. The number of halogens is 1. The highest BCUT2D eigenvalue weighted by Crippen LogP contribution is 2.27. The highest BCUT2D eigenvalue weighted by atomic mass is 35.5. The molecule has 0 aliphatic rings. The van der Waals surface area contributed by atoms with Gasteiger partial charge in [-0.25, -0.2) is 4.31 Å². The topological polar surface area (TPSA) is 45.2 Å². The van der Waals surface area contributed by atoms with Gasteiger partial charge in [0.1, 0.15) is 0 Å². The maximum absolute atomic E-state index is 11.7. The fourth-order valence-corrected chi connectivity index (χ4v) is 3.64. The van der Waals surface area contributed by atoms with Crippen LogP contribution in [0.1, 0.15) is 21.6 Å². The van der Waals surface area contributed by atoms with Gasteiger partial charge in [-0.05, 0) is 66.0 Å². The minimum atomic E-state index is -0.0811. The third-order valence-corrected chi connectivity index (χ3v) is 5.17. The van der Waals surface area contributed by atoms with Crippen molar-refractivity contribution in [2.75, 3.05) is 7.05 Å². The van der Waals surface area contributed by atoms with Gasteiger partial charge in [-0.3, -0.25) is 9.78 Å². The molecule has 138 valence electrons. The molecule has 4 nitrogen and oxygen atoms in total. The van der Waals surface area contributed by atoms with E-state index < -0.39 is 0 Å². The number of amides is 1. The van der Waals surface area contributed by atoms with Gasteiger partial charge in [0.05, 0.1) is 12.2 Å². The Kier molecular flexibility index (Phi) is 6.87. The van der Waals surface area contributed by atoms with Crippen LogP contribution >= 0.6 is 23.5 Å². The Balaban J connectivity index is 1.76. The van der Waals surface area contributed by atoms with E-state index in [4.69, 9.17) is 11.6 Å². The number of carbonyl (C=O) groups excluding carboxylic acids is 1. The normalized spacial score (nSPS) is 10.8. The van der Waals surface area contributed by atoms with Crippen LogP contribution in [-0.4, -0.2) is 22.2 Å². The summed E-state index contributed by atoms with van der Waals surface area (Å²) in [5, 5.41) is 3.36. The molecule has 6 heteroatoms. The Morgan fingerprint density at radius 2 is 1.78 bits per heavy atom. The molecule has 3 rings (SSSR count). The minimum absolute atomic E-state index is 0.0811. The number of hydrogen-bond donors (Lipinski definition) is 1. The summed E-state index contributed by atoms with van der Waals surface area (Å²) in [6.07, 6.45) is 1.80. The van der Waals surface area contributed by atoms with Gasteiger partial charge in [-0.2, -0.15) is 0 Å². The predicted molar refractivity (Wildman–Crippen MR) is 111 cm³/mol. The molecule has 1 heterocycles. The van der Waals surface area contributed by atoms with E-state index in [0.29, 0.717) is 12.1 Å². The molecule has 27 heavy (non-hydrogen) atoms. The molecule has 0 aliphatic carbocycles. The summed E-state index contributed by atoms with van der Waals surface area (Å²) in [5.41, 5.74) is 2.78. The number of carbonyl (C=O) groups is 1. The molecule has 1 aromatic heterocycles. The quantitative estimate of drug-likeness (QED) is 0.581. The van der Waals surface area contributed by atoms with Crippen molar-refractivity contribution >= 4 is 29.5 Å². The first-order chi connectivity index (χ1) is 13.1. The number of nitrogens with one attached hydrogen (secondary N) is 1. The average Bonchev–Trinajstić information content (AvgIpc) is 2.70. The fraction of sp³-hybridized carbons (Fsp3) is 0.143. The maximum atomic E-state index is 11.7. The molecule has 0 spiro atoms. The summed E-state index contributed by atoms with van der Waals surface area (Å²) in [6.45, 7) is 1.42. The largest absolute Gasteiger partial charge is 0.355 e. The molecule has 0 radical (unpaired) electrons. The second-order valence-corrected chi connectivity index (χ2v) is 7.55. The first kappa shape index (κ1) is 19.4. The summed E-state index contributed by atoms with van der Waals surface area (Å²) < 4.78 is 2.24. The van der Waals surface area contributed by atoms with E-state index in [1.165, 1.54) is 0 Å². The lowest BCUT2D eigenvalue weighted by atomic mass is 10.1. The number of nitrogens with zero attached hydrogens (tertiary/aromatic N) is 2. The van der Waals surface area contributed by atoms with Gasteiger partial charge < -0.3 is 5.32 Å². The molecular formula is C21H20ClN3OS. The van der Waals surface area contributed by atoms with E-state index in [2.05, 4.69) is 14.6 Å². The highest BCUT2D eigenvalue weighted by Gasteiger charge is 2.11. The van der Waals surface area contributed by atoms with Crippen LogP contribution < -0.4 is 5.32 Å². The zero-order valence-corrected chi connectivity index (χ0v) is 16.5. The molecule has 1 N–H and O–H groups in total. The molecule has 0 aliphatic heterocycles. The number of rotatable bonds is 7. The van der Waals surface area contributed by atoms with E-state index in [1.807, 2.05) is 66.7 Å². The lowest BCUT2D eigenvalue weighted by Gasteiger charge is -2.21. The molecule has 0 unspecified atom stereocenters. The van der Waals surface area contributed by atoms with Crippen LogP contribution in [0.5, 0.6) is 0 Å². The Morgan fingerprint density at radius 3 is 2.41 bits per heavy atom. The van der Waals surface area contributed by atoms with Crippen LogP contribution in [0.2, 0.25) is 5.02 Å². The monoisotopic (exact) mass is 397 g/mol. The summed E-state index contributed by atoms with van der Waals surface area (Å²) in [7, 11) is 1.63. The SMILES string of the molecule is CNC(=O)c1ccc(CN(Cc2ccccn2)Sc2ccc(Cl)cc2)cc1. The maximum Gasteiger partial charge on any atom is 0.251 e. The summed E-state index contributed by atoms with van der Waals surface area (Å²) in [5.74, 6) is -0.0811. The van der Waals surface area contributed by atoms with E-state index in [0.717, 1.165) is 27.7 Å². The van der Waals surface area contributed by atoms with Crippen molar-refractivity contribution in [3.8, 4) is 0 Å². The second kappa shape index (κ2) is 9.55. The van der Waals surface area contributed by atoms with Crippen LogP contribution in [0.25, 0.3) is 0 Å². The van der Waals surface area contributed by atoms with Crippen LogP contribution in [0.4, 0.5) is 0 Å². The van der Waals surface area contributed by atoms with Crippen molar-refractivity contribution in [3.05, 3.63) is 94.8 Å². The highest BCUT2D eigenvalue weighted by molar-refractivity contribution is 7.97. The molecule has 3 aromatic rings. The van der Waals surface area contributed by atoms with Crippen molar-refractivity contribution < 1.29 is 4.79 Å². The Hall–Kier alpha value is -2.34. The summed E-state index contributed by atoms with van der Waals surface area (Å²) >= 11 is 7.65. The number of benzene rings is 2. The van der Waals surface area contributed by atoms with Gasteiger partial charge in [0.25, 0.3) is 5.91 Å².